The van der Waals surface area contributed by atoms with E-state index in [9.17, 15) is 9.59 Å². The second-order valence-corrected chi connectivity index (χ2v) is 6.99. The molecule has 0 saturated heterocycles. The molecule has 2 amide bonds. The van der Waals surface area contributed by atoms with Crippen LogP contribution in [-0.2, 0) is 16.1 Å². The van der Waals surface area contributed by atoms with Gasteiger partial charge < -0.3 is 10.6 Å². The minimum Gasteiger partial charge on any atom is -0.355 e. The van der Waals surface area contributed by atoms with Gasteiger partial charge in [-0.3, -0.25) is 14.3 Å². The highest BCUT2D eigenvalue weighted by Crippen LogP contribution is 2.23. The normalized spacial score (nSPS) is 10.9. The third kappa shape index (κ3) is 5.91. The highest BCUT2D eigenvalue weighted by atomic mass is 16.2. The number of carbonyl (C=O) groups excluding carboxylic acids is 2. The van der Waals surface area contributed by atoms with Crippen LogP contribution >= 0.6 is 0 Å². The molecule has 0 bridgehead atoms. The lowest BCUT2D eigenvalue weighted by Crippen LogP contribution is -2.35. The molecular formula is C24H26N4O2. The Labute approximate surface area is 176 Å². The van der Waals surface area contributed by atoms with Gasteiger partial charge in [-0.05, 0) is 25.5 Å². The first-order chi connectivity index (χ1) is 14.5. The predicted octanol–water partition coefficient (Wildman–Crippen LogP) is 3.17. The lowest BCUT2D eigenvalue weighted by atomic mass is 10.1. The third-order valence-corrected chi connectivity index (χ3v) is 4.51. The first kappa shape index (κ1) is 21.0. The Hall–Kier alpha value is -3.67. The second kappa shape index (κ2) is 10.2. The SMILES string of the molecule is CCNC(=O)CNC(=O)/C=C/c1cn(Cc2ccc(C)cc2)nc1-c1ccccc1. The molecule has 3 aromatic rings. The maximum Gasteiger partial charge on any atom is 0.244 e. The molecule has 0 unspecified atom stereocenters. The fraction of sp³-hybridized carbons (Fsp3) is 0.208. The molecule has 1 aromatic heterocycles. The smallest absolute Gasteiger partial charge is 0.244 e. The van der Waals surface area contributed by atoms with Gasteiger partial charge in [0.15, 0.2) is 0 Å². The van der Waals surface area contributed by atoms with Crippen LogP contribution in [0.3, 0.4) is 0 Å². The number of nitrogens with zero attached hydrogens (tertiary/aromatic N) is 2. The number of benzene rings is 2. The lowest BCUT2D eigenvalue weighted by molar-refractivity contribution is -0.123. The molecule has 6 heteroatoms. The Kier molecular flexibility index (Phi) is 7.16. The summed E-state index contributed by atoms with van der Waals surface area (Å²) in [6.45, 7) is 5.02. The first-order valence-corrected chi connectivity index (χ1v) is 9.96. The molecule has 154 valence electrons. The third-order valence-electron chi connectivity index (χ3n) is 4.51. The quantitative estimate of drug-likeness (QED) is 0.568. The zero-order chi connectivity index (χ0) is 21.3. The average Bonchev–Trinajstić information content (AvgIpc) is 3.16. The van der Waals surface area contributed by atoms with Crippen LogP contribution in [0.4, 0.5) is 0 Å². The molecule has 6 nitrogen and oxygen atoms in total. The molecule has 0 radical (unpaired) electrons. The molecule has 1 heterocycles. The maximum absolute atomic E-state index is 12.1. The number of hydrogen-bond donors (Lipinski definition) is 2. The van der Waals surface area contributed by atoms with Crippen LogP contribution in [0.1, 0.15) is 23.6 Å². The van der Waals surface area contributed by atoms with Gasteiger partial charge in [0.1, 0.15) is 0 Å². The van der Waals surface area contributed by atoms with Crippen LogP contribution in [-0.4, -0.2) is 34.7 Å². The maximum atomic E-state index is 12.1. The highest BCUT2D eigenvalue weighted by molar-refractivity contribution is 5.95. The number of carbonyl (C=O) groups is 2. The number of nitrogens with one attached hydrogen (secondary N) is 2. The lowest BCUT2D eigenvalue weighted by Gasteiger charge is -2.02. The van der Waals surface area contributed by atoms with Gasteiger partial charge in [0.25, 0.3) is 0 Å². The molecule has 0 aliphatic heterocycles. The van der Waals surface area contributed by atoms with Crippen molar-refractivity contribution in [1.29, 1.82) is 0 Å². The Morgan fingerprint density at radius 1 is 1.03 bits per heavy atom. The Morgan fingerprint density at radius 3 is 2.47 bits per heavy atom. The fourth-order valence-corrected chi connectivity index (χ4v) is 2.99. The van der Waals surface area contributed by atoms with Crippen LogP contribution < -0.4 is 10.6 Å². The standard InChI is InChI=1S/C24H26N4O2/c1-3-25-23(30)15-26-22(29)14-13-21-17-28(16-19-11-9-18(2)10-12-19)27-24(21)20-7-5-4-6-8-20/h4-14,17H,3,15-16H2,1-2H3,(H,25,30)(H,26,29)/b14-13+. The van der Waals surface area contributed by atoms with Gasteiger partial charge in [0, 0.05) is 29.9 Å². The molecule has 0 fully saturated rings. The summed E-state index contributed by atoms with van der Waals surface area (Å²) in [5.74, 6) is -0.540. The summed E-state index contributed by atoms with van der Waals surface area (Å²) in [7, 11) is 0. The summed E-state index contributed by atoms with van der Waals surface area (Å²) >= 11 is 0. The molecule has 3 rings (SSSR count). The fourth-order valence-electron chi connectivity index (χ4n) is 2.99. The van der Waals surface area contributed by atoms with Crippen molar-refractivity contribution in [2.24, 2.45) is 0 Å². The summed E-state index contributed by atoms with van der Waals surface area (Å²) in [6, 6.07) is 18.2. The van der Waals surface area contributed by atoms with Gasteiger partial charge in [0.2, 0.25) is 11.8 Å². The minimum atomic E-state index is -0.327. The van der Waals surface area contributed by atoms with Crippen molar-refractivity contribution in [2.75, 3.05) is 13.1 Å². The summed E-state index contributed by atoms with van der Waals surface area (Å²) in [5, 5.41) is 9.97. The Balaban J connectivity index is 1.79. The average molecular weight is 402 g/mol. The zero-order valence-corrected chi connectivity index (χ0v) is 17.3. The Bertz CT molecular complexity index is 1020. The van der Waals surface area contributed by atoms with E-state index < -0.39 is 0 Å². The molecule has 2 N–H and O–H groups in total. The van der Waals surface area contributed by atoms with Crippen LogP contribution in [0.15, 0.2) is 66.9 Å². The monoisotopic (exact) mass is 402 g/mol. The van der Waals surface area contributed by atoms with E-state index in [0.717, 1.165) is 22.4 Å². The van der Waals surface area contributed by atoms with Crippen molar-refractivity contribution < 1.29 is 9.59 Å². The summed E-state index contributed by atoms with van der Waals surface area (Å²) in [4.78, 5) is 23.6. The van der Waals surface area contributed by atoms with E-state index in [1.807, 2.05) is 48.1 Å². The van der Waals surface area contributed by atoms with Gasteiger partial charge in [-0.25, -0.2) is 0 Å². The second-order valence-electron chi connectivity index (χ2n) is 6.99. The van der Waals surface area contributed by atoms with Crippen LogP contribution in [0.2, 0.25) is 0 Å². The van der Waals surface area contributed by atoms with E-state index in [-0.39, 0.29) is 18.4 Å². The van der Waals surface area contributed by atoms with E-state index in [4.69, 9.17) is 5.10 Å². The number of hydrogen-bond acceptors (Lipinski definition) is 3. The first-order valence-electron chi connectivity index (χ1n) is 9.96. The van der Waals surface area contributed by atoms with Crippen molar-refractivity contribution >= 4 is 17.9 Å². The molecule has 30 heavy (non-hydrogen) atoms. The molecule has 0 aliphatic carbocycles. The van der Waals surface area contributed by atoms with Crippen molar-refractivity contribution in [2.45, 2.75) is 20.4 Å². The molecule has 0 spiro atoms. The van der Waals surface area contributed by atoms with Crippen molar-refractivity contribution in [3.63, 3.8) is 0 Å². The summed E-state index contributed by atoms with van der Waals surface area (Å²) < 4.78 is 1.87. The highest BCUT2D eigenvalue weighted by Gasteiger charge is 2.10. The molecule has 0 atom stereocenters. The van der Waals surface area contributed by atoms with Crippen LogP contribution in [0.5, 0.6) is 0 Å². The van der Waals surface area contributed by atoms with E-state index in [2.05, 4.69) is 41.8 Å². The number of aryl methyl sites for hydroxylation is 1. The zero-order valence-electron chi connectivity index (χ0n) is 17.3. The van der Waals surface area contributed by atoms with Gasteiger partial charge >= 0.3 is 0 Å². The summed E-state index contributed by atoms with van der Waals surface area (Å²) in [6.07, 6.45) is 5.09. The van der Waals surface area contributed by atoms with Gasteiger partial charge in [-0.2, -0.15) is 5.10 Å². The number of rotatable bonds is 8. The van der Waals surface area contributed by atoms with Crippen LogP contribution in [0.25, 0.3) is 17.3 Å². The largest absolute Gasteiger partial charge is 0.355 e. The van der Waals surface area contributed by atoms with Crippen molar-refractivity contribution in [3.05, 3.63) is 83.6 Å². The van der Waals surface area contributed by atoms with Crippen LogP contribution in [0, 0.1) is 6.92 Å². The van der Waals surface area contributed by atoms with E-state index in [0.29, 0.717) is 13.1 Å². The molecule has 2 aromatic carbocycles. The number of likely N-dealkylation sites (N-methyl/N-ethyl adjacent to an activating group) is 1. The number of aromatic nitrogens is 2. The predicted molar refractivity (Wildman–Crippen MR) is 119 cm³/mol. The Morgan fingerprint density at radius 2 is 1.77 bits per heavy atom. The molecule has 0 aliphatic rings. The topological polar surface area (TPSA) is 76.0 Å². The van der Waals surface area contributed by atoms with E-state index >= 15 is 0 Å². The van der Waals surface area contributed by atoms with E-state index in [1.54, 1.807) is 6.08 Å². The van der Waals surface area contributed by atoms with Crippen molar-refractivity contribution in [1.82, 2.24) is 20.4 Å². The molecule has 0 saturated carbocycles. The van der Waals surface area contributed by atoms with Crippen molar-refractivity contribution in [3.8, 4) is 11.3 Å². The molecular weight excluding hydrogens is 376 g/mol. The minimum absolute atomic E-state index is 0.0464. The van der Waals surface area contributed by atoms with Gasteiger partial charge in [-0.1, -0.05) is 60.2 Å². The van der Waals surface area contributed by atoms with E-state index in [1.165, 1.54) is 11.6 Å². The van der Waals surface area contributed by atoms with Gasteiger partial charge in [0.05, 0.1) is 18.8 Å². The summed E-state index contributed by atoms with van der Waals surface area (Å²) in [5.41, 5.74) is 4.98. The van der Waals surface area contributed by atoms with Gasteiger partial charge in [-0.15, -0.1) is 0 Å². The number of amides is 2.